The Morgan fingerprint density at radius 2 is 1.89 bits per heavy atom. The van der Waals surface area contributed by atoms with Crippen LogP contribution < -0.4 is 5.32 Å². The maximum absolute atomic E-state index is 14.2. The molecule has 3 aromatic rings. The van der Waals surface area contributed by atoms with Gasteiger partial charge in [-0.1, -0.05) is 54.2 Å². The van der Waals surface area contributed by atoms with Gasteiger partial charge in [-0.25, -0.2) is 4.39 Å². The topological polar surface area (TPSA) is 59.8 Å². The molecule has 1 N–H and O–H groups in total. The Kier molecular flexibility index (Phi) is 5.43. The molecule has 1 unspecified atom stereocenters. The average molecular weight is 396 g/mol. The number of nitrogens with one attached hydrogen (secondary N) is 1. The highest BCUT2D eigenvalue weighted by Gasteiger charge is 2.32. The summed E-state index contributed by atoms with van der Waals surface area (Å²) in [7, 11) is 0. The van der Waals surface area contributed by atoms with E-state index in [2.05, 4.69) is 15.5 Å². The van der Waals surface area contributed by atoms with Crippen molar-refractivity contribution in [1.29, 1.82) is 0 Å². The maximum Gasteiger partial charge on any atom is 0.233 e. The van der Waals surface area contributed by atoms with Gasteiger partial charge in [-0.3, -0.25) is 9.36 Å². The number of aromatic nitrogens is 3. The molecular weight excluding hydrogens is 375 g/mol. The fraction of sp³-hybridized carbons (Fsp3) is 0.286. The van der Waals surface area contributed by atoms with Gasteiger partial charge in [-0.05, 0) is 37.5 Å². The van der Waals surface area contributed by atoms with Crippen molar-refractivity contribution in [2.75, 3.05) is 0 Å². The zero-order valence-corrected chi connectivity index (χ0v) is 16.3. The molecule has 1 saturated carbocycles. The molecular formula is C21H21FN4OS. The Hall–Kier alpha value is -2.67. The van der Waals surface area contributed by atoms with Crippen LogP contribution in [0.25, 0.3) is 11.4 Å². The fourth-order valence-corrected chi connectivity index (χ4v) is 3.93. The van der Waals surface area contributed by atoms with Gasteiger partial charge in [-0.15, -0.1) is 10.2 Å². The van der Waals surface area contributed by atoms with E-state index in [4.69, 9.17) is 0 Å². The summed E-state index contributed by atoms with van der Waals surface area (Å²) in [5.74, 6) is 0.147. The molecule has 1 heterocycles. The van der Waals surface area contributed by atoms with Crippen LogP contribution in [-0.4, -0.2) is 25.9 Å². The van der Waals surface area contributed by atoms with Crippen molar-refractivity contribution < 1.29 is 9.18 Å². The van der Waals surface area contributed by atoms with E-state index in [1.54, 1.807) is 18.2 Å². The molecule has 0 aliphatic heterocycles. The lowest BCUT2D eigenvalue weighted by molar-refractivity contribution is -0.120. The molecule has 28 heavy (non-hydrogen) atoms. The lowest BCUT2D eigenvalue weighted by atomic mass is 10.2. The molecule has 1 fully saturated rings. The Balaban J connectivity index is 1.49. The van der Waals surface area contributed by atoms with Crippen molar-refractivity contribution in [3.63, 3.8) is 0 Å². The minimum Gasteiger partial charge on any atom is -0.351 e. The number of amides is 1. The zero-order chi connectivity index (χ0) is 19.5. The van der Waals surface area contributed by atoms with Crippen LogP contribution >= 0.6 is 11.8 Å². The van der Waals surface area contributed by atoms with Gasteiger partial charge in [0.1, 0.15) is 5.82 Å². The Labute approximate surface area is 167 Å². The van der Waals surface area contributed by atoms with Gasteiger partial charge in [0.25, 0.3) is 0 Å². The van der Waals surface area contributed by atoms with E-state index in [0.717, 1.165) is 18.4 Å². The molecule has 0 saturated heterocycles. The van der Waals surface area contributed by atoms with Crippen molar-refractivity contribution in [3.8, 4) is 11.4 Å². The molecule has 144 valence electrons. The quantitative estimate of drug-likeness (QED) is 0.608. The molecule has 2 aromatic carbocycles. The third kappa shape index (κ3) is 4.09. The van der Waals surface area contributed by atoms with Crippen LogP contribution in [0.1, 0.15) is 31.4 Å². The monoisotopic (exact) mass is 396 g/mol. The number of rotatable bonds is 7. The molecule has 4 rings (SSSR count). The van der Waals surface area contributed by atoms with Crippen LogP contribution in [0, 0.1) is 5.82 Å². The molecule has 1 aromatic heterocycles. The number of carbonyl (C=O) groups is 1. The summed E-state index contributed by atoms with van der Waals surface area (Å²) in [5.41, 5.74) is 1.49. The van der Waals surface area contributed by atoms with Crippen molar-refractivity contribution in [2.45, 2.75) is 42.8 Å². The van der Waals surface area contributed by atoms with Crippen LogP contribution in [0.2, 0.25) is 0 Å². The van der Waals surface area contributed by atoms with Gasteiger partial charge in [-0.2, -0.15) is 0 Å². The van der Waals surface area contributed by atoms with Gasteiger partial charge >= 0.3 is 0 Å². The minimum atomic E-state index is -0.334. The second-order valence-corrected chi connectivity index (χ2v) is 8.16. The van der Waals surface area contributed by atoms with E-state index < -0.39 is 0 Å². The average Bonchev–Trinajstić information content (AvgIpc) is 3.47. The molecule has 1 amide bonds. The molecule has 1 aliphatic rings. The van der Waals surface area contributed by atoms with Gasteiger partial charge in [0.05, 0.1) is 10.8 Å². The normalized spacial score (nSPS) is 14.6. The summed E-state index contributed by atoms with van der Waals surface area (Å²) in [6.07, 6.45) is 2.03. The van der Waals surface area contributed by atoms with E-state index >= 15 is 0 Å². The van der Waals surface area contributed by atoms with Gasteiger partial charge in [0.2, 0.25) is 5.91 Å². The Bertz CT molecular complexity index is 972. The number of nitrogens with zero attached hydrogens (tertiary/aromatic N) is 3. The lowest BCUT2D eigenvalue weighted by Gasteiger charge is -2.13. The second-order valence-electron chi connectivity index (χ2n) is 6.85. The second kappa shape index (κ2) is 8.14. The summed E-state index contributed by atoms with van der Waals surface area (Å²) in [6.45, 7) is 2.33. The van der Waals surface area contributed by atoms with Crippen molar-refractivity contribution >= 4 is 17.7 Å². The van der Waals surface area contributed by atoms with Crippen LogP contribution in [0.4, 0.5) is 4.39 Å². The summed E-state index contributed by atoms with van der Waals surface area (Å²) in [4.78, 5) is 12.5. The van der Waals surface area contributed by atoms with E-state index in [1.807, 2.05) is 41.8 Å². The predicted molar refractivity (Wildman–Crippen MR) is 107 cm³/mol. The standard InChI is InChI=1S/C21H21FN4OS/c1-14(20(27)23-13-15-7-3-2-4-8-15)28-21-25-24-19(26(21)16-11-12-16)17-9-5-6-10-18(17)22/h2-10,14,16H,11-13H2,1H3,(H,23,27). The minimum absolute atomic E-state index is 0.0633. The van der Waals surface area contributed by atoms with Crippen molar-refractivity contribution in [2.24, 2.45) is 0 Å². The van der Waals surface area contributed by atoms with Crippen molar-refractivity contribution in [1.82, 2.24) is 20.1 Å². The van der Waals surface area contributed by atoms with Crippen LogP contribution in [0.15, 0.2) is 59.8 Å². The largest absolute Gasteiger partial charge is 0.351 e. The molecule has 1 aliphatic carbocycles. The predicted octanol–water partition coefficient (Wildman–Crippen LogP) is 4.22. The smallest absolute Gasteiger partial charge is 0.233 e. The Morgan fingerprint density at radius 3 is 2.61 bits per heavy atom. The molecule has 1 atom stereocenters. The molecule has 0 radical (unpaired) electrons. The summed E-state index contributed by atoms with van der Waals surface area (Å²) < 4.78 is 16.2. The summed E-state index contributed by atoms with van der Waals surface area (Å²) in [6, 6.07) is 16.6. The number of halogens is 1. The molecule has 0 spiro atoms. The molecule has 0 bridgehead atoms. The first-order valence-corrected chi connectivity index (χ1v) is 10.2. The molecule has 7 heteroatoms. The molecule has 5 nitrogen and oxygen atoms in total. The number of hydrogen-bond donors (Lipinski definition) is 1. The first kappa shape index (κ1) is 18.7. The Morgan fingerprint density at radius 1 is 1.18 bits per heavy atom. The number of thioether (sulfide) groups is 1. The van der Waals surface area contributed by atoms with E-state index in [9.17, 15) is 9.18 Å². The number of benzene rings is 2. The third-order valence-corrected chi connectivity index (χ3v) is 5.71. The van der Waals surface area contributed by atoms with Gasteiger partial charge < -0.3 is 5.32 Å². The SMILES string of the molecule is CC(Sc1nnc(-c2ccccc2F)n1C1CC1)C(=O)NCc1ccccc1. The maximum atomic E-state index is 14.2. The van der Waals surface area contributed by atoms with E-state index in [1.165, 1.54) is 17.8 Å². The van der Waals surface area contributed by atoms with Crippen LogP contribution in [0.5, 0.6) is 0 Å². The van der Waals surface area contributed by atoms with Gasteiger partial charge in [0, 0.05) is 12.6 Å². The van der Waals surface area contributed by atoms with Crippen LogP contribution in [-0.2, 0) is 11.3 Å². The van der Waals surface area contributed by atoms with E-state index in [-0.39, 0.29) is 23.0 Å². The van der Waals surface area contributed by atoms with Crippen molar-refractivity contribution in [3.05, 3.63) is 66.0 Å². The number of hydrogen-bond acceptors (Lipinski definition) is 4. The highest BCUT2D eigenvalue weighted by Crippen LogP contribution is 2.42. The summed E-state index contributed by atoms with van der Waals surface area (Å²) in [5, 5.41) is 11.8. The first-order valence-electron chi connectivity index (χ1n) is 9.31. The number of carbonyl (C=O) groups excluding carboxylic acids is 1. The van der Waals surface area contributed by atoms with Crippen LogP contribution in [0.3, 0.4) is 0 Å². The van der Waals surface area contributed by atoms with Gasteiger partial charge in [0.15, 0.2) is 11.0 Å². The zero-order valence-electron chi connectivity index (χ0n) is 15.5. The fourth-order valence-electron chi connectivity index (χ4n) is 2.99. The lowest BCUT2D eigenvalue weighted by Crippen LogP contribution is -2.30. The highest BCUT2D eigenvalue weighted by atomic mass is 32.2. The third-order valence-electron chi connectivity index (χ3n) is 4.65. The van der Waals surface area contributed by atoms with E-state index in [0.29, 0.717) is 23.1 Å². The summed E-state index contributed by atoms with van der Waals surface area (Å²) >= 11 is 1.36. The highest BCUT2D eigenvalue weighted by molar-refractivity contribution is 8.00. The first-order chi connectivity index (χ1) is 13.6.